The highest BCUT2D eigenvalue weighted by molar-refractivity contribution is 6.60. The van der Waals surface area contributed by atoms with Gasteiger partial charge in [-0.05, 0) is 0 Å². The van der Waals surface area contributed by atoms with Gasteiger partial charge in [-0.3, -0.25) is 0 Å². The van der Waals surface area contributed by atoms with Crippen LogP contribution in [-0.4, -0.2) is 21.3 Å². The minimum Gasteiger partial charge on any atom is -0.193 e. The van der Waals surface area contributed by atoms with Crippen molar-refractivity contribution >= 4 is 46.4 Å². The lowest BCUT2D eigenvalue weighted by molar-refractivity contribution is -0.286. The molecule has 0 aromatic carbocycles. The number of hydrogen-bond donors (Lipinski definition) is 0. The van der Waals surface area contributed by atoms with E-state index in [2.05, 4.69) is 23.2 Å². The summed E-state index contributed by atoms with van der Waals surface area (Å²) < 4.78 is 56.2. The van der Waals surface area contributed by atoms with Gasteiger partial charge < -0.3 is 0 Å². The zero-order valence-corrected chi connectivity index (χ0v) is 8.50. The molecule has 0 nitrogen and oxygen atoms in total. The molecule has 0 heterocycles. The summed E-state index contributed by atoms with van der Waals surface area (Å²) in [5.74, 6) is -5.38. The molecule has 0 atom stereocenters. The monoisotopic (exact) mass is 284 g/mol. The van der Waals surface area contributed by atoms with Gasteiger partial charge in [0.05, 0.1) is 0 Å². The molecule has 0 unspecified atom stereocenters. The molecule has 0 aromatic rings. The molecule has 0 bridgehead atoms. The third-order valence-electron chi connectivity index (χ3n) is 1.05. The predicted octanol–water partition coefficient (Wildman–Crippen LogP) is 4.16. The van der Waals surface area contributed by atoms with Gasteiger partial charge in [-0.2, -0.15) is 22.0 Å². The van der Waals surface area contributed by atoms with Gasteiger partial charge in [-0.1, -0.05) is 23.2 Å². The maximum absolute atomic E-state index is 12.4. The lowest BCUT2D eigenvalue weighted by Crippen LogP contribution is -2.53. The number of halogens is 9. The van der Waals surface area contributed by atoms with Crippen molar-refractivity contribution in [2.24, 2.45) is 0 Å². The SMILES string of the molecule is FC(F)(F)C(F)(F)C(Cl)(Cl)C(Cl)Cl. The molecule has 0 aromatic heterocycles. The molecule has 0 fully saturated rings. The van der Waals surface area contributed by atoms with E-state index in [0.29, 0.717) is 0 Å². The van der Waals surface area contributed by atoms with Crippen LogP contribution in [-0.2, 0) is 0 Å². The van der Waals surface area contributed by atoms with E-state index in [1.54, 1.807) is 0 Å². The molecule has 0 N–H and O–H groups in total. The summed E-state index contributed by atoms with van der Waals surface area (Å²) in [6.45, 7) is 0. The Balaban J connectivity index is 5.04. The highest BCUT2D eigenvalue weighted by atomic mass is 35.5. The van der Waals surface area contributed by atoms with Crippen LogP contribution in [0, 0.1) is 0 Å². The zero-order chi connectivity index (χ0) is 11.1. The fraction of sp³-hybridized carbons (Fsp3) is 1.00. The predicted molar refractivity (Wildman–Crippen MR) is 40.9 cm³/mol. The molecule has 0 radical (unpaired) electrons. The molecule has 0 spiro atoms. The standard InChI is InChI=1S/C4HCl4F5/c5-1(6)2(7,8)3(9,10)4(11,12)13/h1H. The Kier molecular flexibility index (Phi) is 3.99. The normalized spacial score (nSPS) is 15.2. The van der Waals surface area contributed by atoms with Crippen LogP contribution in [0.2, 0.25) is 0 Å². The van der Waals surface area contributed by atoms with Crippen molar-refractivity contribution in [2.45, 2.75) is 21.3 Å². The van der Waals surface area contributed by atoms with E-state index in [1.165, 1.54) is 0 Å². The first-order valence-corrected chi connectivity index (χ1v) is 4.18. The van der Waals surface area contributed by atoms with E-state index in [9.17, 15) is 22.0 Å². The lowest BCUT2D eigenvalue weighted by Gasteiger charge is -2.31. The maximum atomic E-state index is 12.4. The van der Waals surface area contributed by atoms with E-state index in [-0.39, 0.29) is 0 Å². The van der Waals surface area contributed by atoms with E-state index in [4.69, 9.17) is 23.2 Å². The minimum absolute atomic E-state index is 2.27. The Labute approximate surface area is 89.9 Å². The molecule has 0 saturated carbocycles. The van der Waals surface area contributed by atoms with Crippen LogP contribution in [0.25, 0.3) is 0 Å². The van der Waals surface area contributed by atoms with Crippen LogP contribution in [0.3, 0.4) is 0 Å². The maximum Gasteiger partial charge on any atom is 0.456 e. The Morgan fingerprint density at radius 3 is 1.23 bits per heavy atom. The van der Waals surface area contributed by atoms with Gasteiger partial charge in [0.15, 0.2) is 0 Å². The van der Waals surface area contributed by atoms with E-state index in [1.807, 2.05) is 0 Å². The topological polar surface area (TPSA) is 0 Å². The van der Waals surface area contributed by atoms with Gasteiger partial charge in [0, 0.05) is 0 Å². The molecule has 9 heteroatoms. The van der Waals surface area contributed by atoms with Crippen molar-refractivity contribution in [1.82, 2.24) is 0 Å². The van der Waals surface area contributed by atoms with E-state index < -0.39 is 21.3 Å². The third-order valence-corrected chi connectivity index (χ3v) is 3.06. The molecule has 0 saturated heterocycles. The van der Waals surface area contributed by atoms with Crippen LogP contribution in [0.15, 0.2) is 0 Å². The molecule has 0 amide bonds. The second kappa shape index (κ2) is 3.76. The van der Waals surface area contributed by atoms with Gasteiger partial charge >= 0.3 is 12.1 Å². The van der Waals surface area contributed by atoms with E-state index >= 15 is 0 Å². The zero-order valence-electron chi connectivity index (χ0n) is 5.48. The first kappa shape index (κ1) is 13.8. The van der Waals surface area contributed by atoms with Gasteiger partial charge in [0.25, 0.3) is 0 Å². The summed E-state index contributed by atoms with van der Waals surface area (Å²) >= 11 is 18.9. The van der Waals surface area contributed by atoms with Gasteiger partial charge in [-0.25, -0.2) is 0 Å². The molecule has 0 aliphatic heterocycles. The van der Waals surface area contributed by atoms with Gasteiger partial charge in [0.2, 0.25) is 4.33 Å². The first-order valence-electron chi connectivity index (χ1n) is 2.55. The Morgan fingerprint density at radius 1 is 0.846 bits per heavy atom. The number of alkyl halides is 9. The van der Waals surface area contributed by atoms with Gasteiger partial charge in [-0.15, -0.1) is 23.2 Å². The molecule has 13 heavy (non-hydrogen) atoms. The summed E-state index contributed by atoms with van der Waals surface area (Å²) in [4.78, 5) is -2.27. The number of hydrogen-bond acceptors (Lipinski definition) is 0. The van der Waals surface area contributed by atoms with Crippen LogP contribution in [0.5, 0.6) is 0 Å². The summed E-state index contributed by atoms with van der Waals surface area (Å²) in [6, 6.07) is 0. The van der Waals surface area contributed by atoms with Crippen molar-refractivity contribution in [2.75, 3.05) is 0 Å². The van der Waals surface area contributed by atoms with Gasteiger partial charge in [0.1, 0.15) is 4.84 Å². The van der Waals surface area contributed by atoms with Crippen molar-refractivity contribution in [3.05, 3.63) is 0 Å². The summed E-state index contributed by atoms with van der Waals surface area (Å²) in [7, 11) is 0. The highest BCUT2D eigenvalue weighted by Gasteiger charge is 2.71. The van der Waals surface area contributed by atoms with Crippen LogP contribution < -0.4 is 0 Å². The minimum atomic E-state index is -5.90. The quantitative estimate of drug-likeness (QED) is 0.528. The molecule has 0 rings (SSSR count). The molecule has 0 aliphatic rings. The lowest BCUT2D eigenvalue weighted by atomic mass is 10.2. The molecular formula is C4HCl4F5. The van der Waals surface area contributed by atoms with Crippen molar-refractivity contribution in [1.29, 1.82) is 0 Å². The number of rotatable bonds is 2. The van der Waals surface area contributed by atoms with Crippen LogP contribution >= 0.6 is 46.4 Å². The first-order chi connectivity index (χ1) is 5.44. The average Bonchev–Trinajstić information content (AvgIpc) is 1.84. The third kappa shape index (κ3) is 2.43. The van der Waals surface area contributed by atoms with Crippen LogP contribution in [0.4, 0.5) is 22.0 Å². The van der Waals surface area contributed by atoms with E-state index in [0.717, 1.165) is 0 Å². The largest absolute Gasteiger partial charge is 0.456 e. The summed E-state index contributed by atoms with van der Waals surface area (Å²) in [5.41, 5.74) is 0. The Hall–Kier alpha value is 0.810. The summed E-state index contributed by atoms with van der Waals surface area (Å²) in [6.07, 6.45) is -5.90. The van der Waals surface area contributed by atoms with Crippen LogP contribution in [0.1, 0.15) is 0 Å². The second-order valence-corrected chi connectivity index (χ2v) is 4.48. The Bertz CT molecular complexity index is 185. The molecule has 80 valence electrons. The second-order valence-electron chi connectivity index (χ2n) is 2.00. The van der Waals surface area contributed by atoms with Crippen molar-refractivity contribution < 1.29 is 22.0 Å². The smallest absolute Gasteiger partial charge is 0.193 e. The summed E-state index contributed by atoms with van der Waals surface area (Å²) in [5, 5.41) is 0. The fourth-order valence-electron chi connectivity index (χ4n) is 0.326. The molecule has 0 aliphatic carbocycles. The highest BCUT2D eigenvalue weighted by Crippen LogP contribution is 2.52. The fourth-order valence-corrected chi connectivity index (χ4v) is 0.814. The average molecular weight is 286 g/mol. The van der Waals surface area contributed by atoms with Crippen molar-refractivity contribution in [3.63, 3.8) is 0 Å². The molecular weight excluding hydrogens is 285 g/mol. The Morgan fingerprint density at radius 2 is 1.15 bits per heavy atom. The van der Waals surface area contributed by atoms with Crippen molar-refractivity contribution in [3.8, 4) is 0 Å².